The summed E-state index contributed by atoms with van der Waals surface area (Å²) < 4.78 is 85.3. The summed E-state index contributed by atoms with van der Waals surface area (Å²) >= 11 is 0. The van der Waals surface area contributed by atoms with E-state index in [1.807, 2.05) is 54.6 Å². The minimum absolute atomic E-state index is 0.0260. The third-order valence-electron chi connectivity index (χ3n) is 6.71. The standard InChI is InChI=1S/C28H28F6N2O/c1-37-25-9-5-8-24(19-25)35-12-14-36(15-13-35)26(21-6-3-2-4-7-21)11-10-20-16-22(27(29,30)31)18-23(17-20)28(32,33)34/h2-9,16-19,26H,10-15H2,1H3. The molecule has 37 heavy (non-hydrogen) atoms. The van der Waals surface area contributed by atoms with Crippen LogP contribution in [0.2, 0.25) is 0 Å². The number of hydrogen-bond acceptors (Lipinski definition) is 3. The van der Waals surface area contributed by atoms with Crippen LogP contribution < -0.4 is 9.64 Å². The number of alkyl halides is 6. The van der Waals surface area contributed by atoms with E-state index in [2.05, 4.69) is 9.80 Å². The van der Waals surface area contributed by atoms with Gasteiger partial charge in [-0.15, -0.1) is 0 Å². The molecule has 4 rings (SSSR count). The summed E-state index contributed by atoms with van der Waals surface area (Å²) in [6.07, 6.45) is -9.24. The lowest BCUT2D eigenvalue weighted by Gasteiger charge is -2.40. The minimum Gasteiger partial charge on any atom is -0.497 e. The molecule has 0 bridgehead atoms. The Kier molecular flexibility index (Phi) is 8.02. The molecule has 1 unspecified atom stereocenters. The molecular weight excluding hydrogens is 494 g/mol. The van der Waals surface area contributed by atoms with E-state index in [0.717, 1.165) is 42.2 Å². The Labute approximate surface area is 212 Å². The highest BCUT2D eigenvalue weighted by molar-refractivity contribution is 5.51. The Balaban J connectivity index is 1.53. The van der Waals surface area contributed by atoms with Crippen molar-refractivity contribution in [2.24, 2.45) is 0 Å². The summed E-state index contributed by atoms with van der Waals surface area (Å²) in [5.41, 5.74) is -0.502. The Hall–Kier alpha value is -3.20. The van der Waals surface area contributed by atoms with Crippen LogP contribution in [0, 0.1) is 0 Å². The predicted octanol–water partition coefficient (Wildman–Crippen LogP) is 7.23. The van der Waals surface area contributed by atoms with Gasteiger partial charge in [-0.2, -0.15) is 26.3 Å². The molecule has 1 aliphatic heterocycles. The van der Waals surface area contributed by atoms with Crippen molar-refractivity contribution in [3.63, 3.8) is 0 Å². The summed E-state index contributed by atoms with van der Waals surface area (Å²) in [4.78, 5) is 4.49. The maximum atomic E-state index is 13.3. The maximum Gasteiger partial charge on any atom is 0.416 e. The van der Waals surface area contributed by atoms with E-state index < -0.39 is 23.5 Å². The fraction of sp³-hybridized carbons (Fsp3) is 0.357. The summed E-state index contributed by atoms with van der Waals surface area (Å²) in [5.74, 6) is 0.765. The third kappa shape index (κ3) is 6.77. The van der Waals surface area contributed by atoms with Crippen molar-refractivity contribution < 1.29 is 31.1 Å². The maximum absolute atomic E-state index is 13.3. The average Bonchev–Trinajstić information content (AvgIpc) is 2.88. The number of nitrogens with zero attached hydrogens (tertiary/aromatic N) is 2. The van der Waals surface area contributed by atoms with Gasteiger partial charge in [0.25, 0.3) is 0 Å². The number of methoxy groups -OCH3 is 1. The molecule has 0 spiro atoms. The molecule has 3 nitrogen and oxygen atoms in total. The first-order valence-corrected chi connectivity index (χ1v) is 12.0. The highest BCUT2D eigenvalue weighted by Gasteiger charge is 2.37. The second kappa shape index (κ2) is 11.0. The first-order valence-electron chi connectivity index (χ1n) is 12.0. The van der Waals surface area contributed by atoms with Gasteiger partial charge in [-0.25, -0.2) is 0 Å². The van der Waals surface area contributed by atoms with Crippen molar-refractivity contribution in [3.05, 3.63) is 95.1 Å². The molecule has 9 heteroatoms. The van der Waals surface area contributed by atoms with E-state index in [1.165, 1.54) is 0 Å². The summed E-state index contributed by atoms with van der Waals surface area (Å²) in [6.45, 7) is 2.87. The highest BCUT2D eigenvalue weighted by Crippen LogP contribution is 2.37. The molecule has 1 atom stereocenters. The number of rotatable bonds is 7. The molecule has 1 heterocycles. The average molecular weight is 523 g/mol. The van der Waals surface area contributed by atoms with Gasteiger partial charge in [0.1, 0.15) is 5.75 Å². The van der Waals surface area contributed by atoms with Crippen LogP contribution in [-0.4, -0.2) is 38.2 Å². The molecule has 1 saturated heterocycles. The molecule has 0 radical (unpaired) electrons. The molecule has 3 aromatic carbocycles. The lowest BCUT2D eigenvalue weighted by atomic mass is 9.95. The molecule has 0 N–H and O–H groups in total. The van der Waals surface area contributed by atoms with Gasteiger partial charge >= 0.3 is 12.4 Å². The van der Waals surface area contributed by atoms with Gasteiger partial charge in [0.05, 0.1) is 18.2 Å². The number of hydrogen-bond donors (Lipinski definition) is 0. The van der Waals surface area contributed by atoms with Crippen LogP contribution in [0.1, 0.15) is 34.7 Å². The molecule has 0 aliphatic carbocycles. The van der Waals surface area contributed by atoms with Crippen molar-refractivity contribution >= 4 is 5.69 Å². The van der Waals surface area contributed by atoms with Crippen LogP contribution in [-0.2, 0) is 18.8 Å². The Morgan fingerprint density at radius 3 is 1.95 bits per heavy atom. The van der Waals surface area contributed by atoms with Gasteiger partial charge in [0.15, 0.2) is 0 Å². The van der Waals surface area contributed by atoms with Crippen LogP contribution in [0.5, 0.6) is 5.75 Å². The van der Waals surface area contributed by atoms with Crippen LogP contribution in [0.15, 0.2) is 72.8 Å². The van der Waals surface area contributed by atoms with E-state index >= 15 is 0 Å². The number of aryl methyl sites for hydroxylation is 1. The quantitative estimate of drug-likeness (QED) is 0.305. The van der Waals surface area contributed by atoms with Crippen molar-refractivity contribution in [2.75, 3.05) is 38.2 Å². The Morgan fingerprint density at radius 1 is 0.757 bits per heavy atom. The van der Waals surface area contributed by atoms with Crippen molar-refractivity contribution in [2.45, 2.75) is 31.2 Å². The molecule has 0 amide bonds. The van der Waals surface area contributed by atoms with Gasteiger partial charge in [-0.05, 0) is 54.3 Å². The zero-order valence-corrected chi connectivity index (χ0v) is 20.3. The van der Waals surface area contributed by atoms with E-state index in [-0.39, 0.29) is 24.1 Å². The zero-order valence-electron chi connectivity index (χ0n) is 20.3. The first kappa shape index (κ1) is 26.9. The summed E-state index contributed by atoms with van der Waals surface area (Å²) in [7, 11) is 1.61. The van der Waals surface area contributed by atoms with Gasteiger partial charge < -0.3 is 9.64 Å². The molecule has 0 aromatic heterocycles. The van der Waals surface area contributed by atoms with Crippen molar-refractivity contribution in [1.82, 2.24) is 4.90 Å². The minimum atomic E-state index is -4.86. The first-order chi connectivity index (χ1) is 17.5. The number of benzene rings is 3. The lowest BCUT2D eigenvalue weighted by Crippen LogP contribution is -2.47. The molecule has 1 aliphatic rings. The van der Waals surface area contributed by atoms with Gasteiger partial charge in [-0.3, -0.25) is 4.90 Å². The Morgan fingerprint density at radius 2 is 1.38 bits per heavy atom. The number of ether oxygens (including phenoxy) is 1. The lowest BCUT2D eigenvalue weighted by molar-refractivity contribution is -0.143. The van der Waals surface area contributed by atoms with Crippen LogP contribution in [0.3, 0.4) is 0 Å². The zero-order chi connectivity index (χ0) is 26.6. The third-order valence-corrected chi connectivity index (χ3v) is 6.71. The molecule has 3 aromatic rings. The number of anilines is 1. The van der Waals surface area contributed by atoms with Crippen LogP contribution in [0.4, 0.5) is 32.0 Å². The fourth-order valence-electron chi connectivity index (χ4n) is 4.80. The van der Waals surface area contributed by atoms with E-state index in [1.54, 1.807) is 7.11 Å². The highest BCUT2D eigenvalue weighted by atomic mass is 19.4. The molecule has 198 valence electrons. The molecule has 0 saturated carbocycles. The number of piperazine rings is 1. The SMILES string of the molecule is COc1cccc(N2CCN(C(CCc3cc(C(F)(F)F)cc(C(F)(F)F)c3)c3ccccc3)CC2)c1. The monoisotopic (exact) mass is 522 g/mol. The van der Waals surface area contributed by atoms with Crippen LogP contribution in [0.25, 0.3) is 0 Å². The predicted molar refractivity (Wildman–Crippen MR) is 131 cm³/mol. The van der Waals surface area contributed by atoms with Crippen LogP contribution >= 0.6 is 0 Å². The van der Waals surface area contributed by atoms with Crippen molar-refractivity contribution in [3.8, 4) is 5.75 Å². The number of halogens is 6. The summed E-state index contributed by atoms with van der Waals surface area (Å²) in [6, 6.07) is 19.0. The van der Waals surface area contributed by atoms with Gasteiger partial charge in [0.2, 0.25) is 0 Å². The normalized spacial score (nSPS) is 16.0. The summed E-state index contributed by atoms with van der Waals surface area (Å²) in [5, 5.41) is 0. The topological polar surface area (TPSA) is 15.7 Å². The van der Waals surface area contributed by atoms with Gasteiger partial charge in [0, 0.05) is 44.0 Å². The van der Waals surface area contributed by atoms with Crippen molar-refractivity contribution in [1.29, 1.82) is 0 Å². The molecule has 1 fully saturated rings. The second-order valence-corrected chi connectivity index (χ2v) is 9.10. The second-order valence-electron chi connectivity index (χ2n) is 9.10. The molecular formula is C28H28F6N2O. The Bertz CT molecular complexity index is 1140. The van der Waals surface area contributed by atoms with Gasteiger partial charge in [-0.1, -0.05) is 36.4 Å². The van der Waals surface area contributed by atoms with E-state index in [4.69, 9.17) is 4.74 Å². The fourth-order valence-corrected chi connectivity index (χ4v) is 4.80. The smallest absolute Gasteiger partial charge is 0.416 e. The van der Waals surface area contributed by atoms with E-state index in [9.17, 15) is 26.3 Å². The van der Waals surface area contributed by atoms with E-state index in [0.29, 0.717) is 19.5 Å². The largest absolute Gasteiger partial charge is 0.497 e.